The van der Waals surface area contributed by atoms with Crippen molar-refractivity contribution in [1.82, 2.24) is 0 Å². The summed E-state index contributed by atoms with van der Waals surface area (Å²) in [7, 11) is 4.88. The minimum atomic E-state index is -0.380. The van der Waals surface area contributed by atoms with Gasteiger partial charge in [-0.05, 0) is 37.8 Å². The molecule has 0 heterocycles. The first-order valence-corrected chi connectivity index (χ1v) is 6.68. The van der Waals surface area contributed by atoms with E-state index in [1.165, 1.54) is 12.8 Å². The number of hydrogen-bond donors (Lipinski definition) is 0. The lowest BCUT2D eigenvalue weighted by Crippen LogP contribution is -2.12. The van der Waals surface area contributed by atoms with Gasteiger partial charge in [0.2, 0.25) is 0 Å². The first-order valence-electron chi connectivity index (χ1n) is 6.68. The second kappa shape index (κ2) is 6.78. The van der Waals surface area contributed by atoms with E-state index in [9.17, 15) is 0 Å². The Labute approximate surface area is 114 Å². The standard InChI is InChI=1S/C15H22O4/c1-16-14-10-11(15(17-2)18-3)8-9-13(14)19-12-6-4-5-7-12/h8-10,12,15H,4-7H2,1-3H3. The number of hydrogen-bond acceptors (Lipinski definition) is 4. The summed E-state index contributed by atoms with van der Waals surface area (Å²) in [6.45, 7) is 0. The normalized spacial score (nSPS) is 16.0. The summed E-state index contributed by atoms with van der Waals surface area (Å²) in [5, 5.41) is 0. The molecule has 0 N–H and O–H groups in total. The number of benzene rings is 1. The molecule has 0 amide bonds. The SMILES string of the molecule is COc1cc(C(OC)OC)ccc1OC1CCCC1. The van der Waals surface area contributed by atoms with Gasteiger partial charge < -0.3 is 18.9 Å². The van der Waals surface area contributed by atoms with Crippen LogP contribution >= 0.6 is 0 Å². The third-order valence-electron chi connectivity index (χ3n) is 3.48. The van der Waals surface area contributed by atoms with Gasteiger partial charge in [-0.15, -0.1) is 0 Å². The Hall–Kier alpha value is -1.26. The van der Waals surface area contributed by atoms with Gasteiger partial charge in [0.25, 0.3) is 0 Å². The lowest BCUT2D eigenvalue weighted by atomic mass is 10.2. The van der Waals surface area contributed by atoms with Gasteiger partial charge in [0.05, 0.1) is 13.2 Å². The van der Waals surface area contributed by atoms with Crippen molar-refractivity contribution < 1.29 is 18.9 Å². The average molecular weight is 266 g/mol. The summed E-state index contributed by atoms with van der Waals surface area (Å²) < 4.78 is 21.9. The molecule has 4 nitrogen and oxygen atoms in total. The Morgan fingerprint density at radius 1 is 1.00 bits per heavy atom. The van der Waals surface area contributed by atoms with Gasteiger partial charge in [-0.1, -0.05) is 6.07 Å². The highest BCUT2D eigenvalue weighted by molar-refractivity contribution is 5.43. The number of ether oxygens (including phenoxy) is 4. The molecule has 0 bridgehead atoms. The summed E-state index contributed by atoms with van der Waals surface area (Å²) in [5.41, 5.74) is 0.917. The number of methoxy groups -OCH3 is 3. The molecule has 1 aromatic rings. The van der Waals surface area contributed by atoms with Crippen LogP contribution in [0.15, 0.2) is 18.2 Å². The van der Waals surface area contributed by atoms with Gasteiger partial charge in [0, 0.05) is 19.8 Å². The van der Waals surface area contributed by atoms with Gasteiger partial charge in [-0.2, -0.15) is 0 Å². The van der Waals surface area contributed by atoms with Crippen molar-refractivity contribution in [2.75, 3.05) is 21.3 Å². The summed E-state index contributed by atoms with van der Waals surface area (Å²) in [6, 6.07) is 5.78. The summed E-state index contributed by atoms with van der Waals surface area (Å²) >= 11 is 0. The van der Waals surface area contributed by atoms with Crippen molar-refractivity contribution in [3.05, 3.63) is 23.8 Å². The highest BCUT2D eigenvalue weighted by Crippen LogP contribution is 2.34. The van der Waals surface area contributed by atoms with Crippen molar-refractivity contribution in [3.63, 3.8) is 0 Å². The van der Waals surface area contributed by atoms with Crippen LogP contribution in [0.2, 0.25) is 0 Å². The predicted octanol–water partition coefficient (Wildman–Crippen LogP) is 3.31. The molecule has 4 heteroatoms. The van der Waals surface area contributed by atoms with E-state index in [1.807, 2.05) is 18.2 Å². The Balaban J connectivity index is 2.15. The zero-order valence-electron chi connectivity index (χ0n) is 11.8. The molecule has 1 aliphatic rings. The van der Waals surface area contributed by atoms with Gasteiger partial charge in [-0.3, -0.25) is 0 Å². The molecular weight excluding hydrogens is 244 g/mol. The molecular formula is C15H22O4. The fraction of sp³-hybridized carbons (Fsp3) is 0.600. The van der Waals surface area contributed by atoms with Crippen molar-refractivity contribution in [1.29, 1.82) is 0 Å². The van der Waals surface area contributed by atoms with Crippen LogP contribution in [-0.2, 0) is 9.47 Å². The quantitative estimate of drug-likeness (QED) is 0.740. The topological polar surface area (TPSA) is 36.9 Å². The van der Waals surface area contributed by atoms with Crippen LogP contribution in [0.1, 0.15) is 37.5 Å². The molecule has 0 radical (unpaired) electrons. The van der Waals surface area contributed by atoms with Crippen LogP contribution in [0.25, 0.3) is 0 Å². The van der Waals surface area contributed by atoms with Gasteiger partial charge in [-0.25, -0.2) is 0 Å². The van der Waals surface area contributed by atoms with Gasteiger partial charge in [0.15, 0.2) is 17.8 Å². The van der Waals surface area contributed by atoms with E-state index in [1.54, 1.807) is 21.3 Å². The molecule has 0 unspecified atom stereocenters. The van der Waals surface area contributed by atoms with Gasteiger partial charge >= 0.3 is 0 Å². The highest BCUT2D eigenvalue weighted by Gasteiger charge is 2.19. The zero-order chi connectivity index (χ0) is 13.7. The van der Waals surface area contributed by atoms with Crippen LogP contribution in [0.3, 0.4) is 0 Å². The molecule has 1 fully saturated rings. The smallest absolute Gasteiger partial charge is 0.183 e. The lowest BCUT2D eigenvalue weighted by Gasteiger charge is -2.19. The summed E-state index contributed by atoms with van der Waals surface area (Å²) in [4.78, 5) is 0. The first kappa shape index (κ1) is 14.2. The monoisotopic (exact) mass is 266 g/mol. The minimum absolute atomic E-state index is 0.320. The maximum Gasteiger partial charge on any atom is 0.183 e. The molecule has 2 rings (SSSR count). The predicted molar refractivity (Wildman–Crippen MR) is 72.6 cm³/mol. The molecule has 1 saturated carbocycles. The van der Waals surface area contributed by atoms with Gasteiger partial charge in [0.1, 0.15) is 0 Å². The lowest BCUT2D eigenvalue weighted by molar-refractivity contribution is -0.106. The van der Waals surface area contributed by atoms with Crippen LogP contribution in [-0.4, -0.2) is 27.4 Å². The Bertz CT molecular complexity index is 395. The van der Waals surface area contributed by atoms with Crippen molar-refractivity contribution in [2.45, 2.75) is 38.1 Å². The highest BCUT2D eigenvalue weighted by atomic mass is 16.7. The van der Waals surface area contributed by atoms with E-state index < -0.39 is 0 Å². The molecule has 0 spiro atoms. The third-order valence-corrected chi connectivity index (χ3v) is 3.48. The maximum absolute atomic E-state index is 5.99. The van der Waals surface area contributed by atoms with Crippen LogP contribution in [0, 0.1) is 0 Å². The summed E-state index contributed by atoms with van der Waals surface area (Å²) in [5.74, 6) is 1.52. The Kier molecular flexibility index (Phi) is 5.05. The second-order valence-electron chi connectivity index (χ2n) is 4.74. The molecule has 106 valence electrons. The third kappa shape index (κ3) is 3.39. The summed E-state index contributed by atoms with van der Waals surface area (Å²) in [6.07, 6.45) is 4.70. The largest absolute Gasteiger partial charge is 0.493 e. The molecule has 0 aromatic heterocycles. The van der Waals surface area contributed by atoms with E-state index in [4.69, 9.17) is 18.9 Å². The molecule has 0 atom stereocenters. The fourth-order valence-corrected chi connectivity index (χ4v) is 2.48. The molecule has 1 aromatic carbocycles. The fourth-order valence-electron chi connectivity index (χ4n) is 2.48. The second-order valence-corrected chi connectivity index (χ2v) is 4.74. The molecule has 0 saturated heterocycles. The Morgan fingerprint density at radius 2 is 1.68 bits per heavy atom. The van der Waals surface area contributed by atoms with Crippen LogP contribution in [0.5, 0.6) is 11.5 Å². The molecule has 0 aliphatic heterocycles. The first-order chi connectivity index (χ1) is 9.28. The van der Waals surface area contributed by atoms with Crippen LogP contribution < -0.4 is 9.47 Å². The van der Waals surface area contributed by atoms with E-state index >= 15 is 0 Å². The van der Waals surface area contributed by atoms with Crippen molar-refractivity contribution in [3.8, 4) is 11.5 Å². The van der Waals surface area contributed by atoms with Crippen molar-refractivity contribution in [2.24, 2.45) is 0 Å². The van der Waals surface area contributed by atoms with E-state index in [2.05, 4.69) is 0 Å². The zero-order valence-corrected chi connectivity index (χ0v) is 11.8. The maximum atomic E-state index is 5.99. The number of rotatable bonds is 6. The minimum Gasteiger partial charge on any atom is -0.493 e. The van der Waals surface area contributed by atoms with E-state index in [-0.39, 0.29) is 6.29 Å². The van der Waals surface area contributed by atoms with E-state index in [0.717, 1.165) is 29.9 Å². The van der Waals surface area contributed by atoms with Crippen LogP contribution in [0.4, 0.5) is 0 Å². The average Bonchev–Trinajstić information content (AvgIpc) is 2.94. The molecule has 19 heavy (non-hydrogen) atoms. The Morgan fingerprint density at radius 3 is 2.26 bits per heavy atom. The molecule has 1 aliphatic carbocycles. The van der Waals surface area contributed by atoms with E-state index in [0.29, 0.717) is 6.10 Å². The van der Waals surface area contributed by atoms with Crippen molar-refractivity contribution >= 4 is 0 Å².